The first-order valence-electron chi connectivity index (χ1n) is 6.63. The largest absolute Gasteiger partial charge is 0.306 e. The molecular weight excluding hydrogens is 354 g/mol. The van der Waals surface area contributed by atoms with Gasteiger partial charge >= 0.3 is 0 Å². The van der Waals surface area contributed by atoms with Crippen molar-refractivity contribution in [3.05, 3.63) is 63.1 Å². The molecule has 0 spiro atoms. The third-order valence-electron chi connectivity index (χ3n) is 3.51. The summed E-state index contributed by atoms with van der Waals surface area (Å²) in [4.78, 5) is 1.35. The predicted molar refractivity (Wildman–Crippen MR) is 90.5 cm³/mol. The first kappa shape index (κ1) is 14.5. The molecule has 1 aliphatic heterocycles. The van der Waals surface area contributed by atoms with Gasteiger partial charge in [-0.05, 0) is 47.6 Å². The Morgan fingerprint density at radius 3 is 2.95 bits per heavy atom. The highest BCUT2D eigenvalue weighted by Crippen LogP contribution is 2.37. The van der Waals surface area contributed by atoms with Crippen LogP contribution in [0.5, 0.6) is 0 Å². The first-order valence-corrected chi connectivity index (χ1v) is 8.79. The number of hydrogen-bond donors (Lipinski definition) is 1. The molecule has 1 aliphatic rings. The lowest BCUT2D eigenvalue weighted by Gasteiger charge is -2.26. The second-order valence-corrected chi connectivity index (χ2v) is 7.27. The summed E-state index contributed by atoms with van der Waals surface area (Å²) in [6, 6.07) is 14.9. The quantitative estimate of drug-likeness (QED) is 0.775. The van der Waals surface area contributed by atoms with Crippen LogP contribution in [0.15, 0.2) is 51.8 Å². The highest BCUT2D eigenvalue weighted by atomic mass is 79.9. The third-order valence-corrected chi connectivity index (χ3v) is 5.64. The van der Waals surface area contributed by atoms with Crippen LogP contribution in [0, 0.1) is 0 Å². The van der Waals surface area contributed by atoms with Gasteiger partial charge in [-0.1, -0.05) is 45.7 Å². The minimum atomic E-state index is 0.386. The van der Waals surface area contributed by atoms with Crippen molar-refractivity contribution in [2.45, 2.75) is 23.9 Å². The molecule has 0 bridgehead atoms. The molecule has 0 amide bonds. The average Bonchev–Trinajstić information content (AvgIpc) is 2.46. The zero-order valence-electron chi connectivity index (χ0n) is 10.9. The molecule has 0 aliphatic carbocycles. The molecule has 1 N–H and O–H groups in total. The zero-order valence-corrected chi connectivity index (χ0v) is 14.1. The summed E-state index contributed by atoms with van der Waals surface area (Å²) in [5.41, 5.74) is 2.62. The summed E-state index contributed by atoms with van der Waals surface area (Å²) in [7, 11) is 0. The van der Waals surface area contributed by atoms with Crippen molar-refractivity contribution in [3.8, 4) is 0 Å². The SMILES string of the molecule is Clc1ccc2c(c1)C(NCc1ccccc1Br)CCS2. The lowest BCUT2D eigenvalue weighted by molar-refractivity contribution is 0.509. The average molecular weight is 369 g/mol. The van der Waals surface area contributed by atoms with Crippen LogP contribution in [0.25, 0.3) is 0 Å². The molecule has 0 saturated carbocycles. The van der Waals surface area contributed by atoms with Crippen LogP contribution in [0.2, 0.25) is 5.02 Å². The molecule has 104 valence electrons. The molecule has 0 aromatic heterocycles. The molecule has 4 heteroatoms. The van der Waals surface area contributed by atoms with Gasteiger partial charge in [0.1, 0.15) is 0 Å². The van der Waals surface area contributed by atoms with E-state index in [9.17, 15) is 0 Å². The Bertz CT molecular complexity index is 617. The molecule has 1 unspecified atom stereocenters. The first-order chi connectivity index (χ1) is 9.74. The molecule has 0 fully saturated rings. The van der Waals surface area contributed by atoms with E-state index in [-0.39, 0.29) is 0 Å². The third kappa shape index (κ3) is 3.22. The fourth-order valence-corrected chi connectivity index (χ4v) is 4.16. The molecule has 0 saturated heterocycles. The summed E-state index contributed by atoms with van der Waals surface area (Å²) in [6.45, 7) is 0.864. The second kappa shape index (κ2) is 6.52. The van der Waals surface area contributed by atoms with Crippen LogP contribution in [-0.2, 0) is 6.54 Å². The van der Waals surface area contributed by atoms with Crippen LogP contribution < -0.4 is 5.32 Å². The fraction of sp³-hybridized carbons (Fsp3) is 0.250. The Hall–Kier alpha value is -0.480. The zero-order chi connectivity index (χ0) is 13.9. The van der Waals surface area contributed by atoms with Crippen molar-refractivity contribution in [2.75, 3.05) is 5.75 Å². The van der Waals surface area contributed by atoms with Gasteiger partial charge in [0.25, 0.3) is 0 Å². The van der Waals surface area contributed by atoms with E-state index in [0.29, 0.717) is 6.04 Å². The molecule has 2 aromatic carbocycles. The smallest absolute Gasteiger partial charge is 0.0410 e. The van der Waals surface area contributed by atoms with E-state index < -0.39 is 0 Å². The minimum absolute atomic E-state index is 0.386. The van der Waals surface area contributed by atoms with Gasteiger partial charge in [0.2, 0.25) is 0 Å². The molecule has 20 heavy (non-hydrogen) atoms. The minimum Gasteiger partial charge on any atom is -0.306 e. The maximum absolute atomic E-state index is 6.14. The number of rotatable bonds is 3. The fourth-order valence-electron chi connectivity index (χ4n) is 2.45. The molecule has 2 aromatic rings. The van der Waals surface area contributed by atoms with Gasteiger partial charge in [-0.15, -0.1) is 11.8 Å². The van der Waals surface area contributed by atoms with Crippen molar-refractivity contribution < 1.29 is 0 Å². The van der Waals surface area contributed by atoms with E-state index in [2.05, 4.69) is 51.6 Å². The lowest BCUT2D eigenvalue weighted by Crippen LogP contribution is -2.24. The summed E-state index contributed by atoms with van der Waals surface area (Å²) in [5, 5.41) is 4.48. The lowest BCUT2D eigenvalue weighted by atomic mass is 10.0. The summed E-state index contributed by atoms with van der Waals surface area (Å²) in [6.07, 6.45) is 1.14. The second-order valence-electron chi connectivity index (χ2n) is 4.84. The number of hydrogen-bond acceptors (Lipinski definition) is 2. The number of fused-ring (bicyclic) bond motifs is 1. The Morgan fingerprint density at radius 2 is 2.10 bits per heavy atom. The molecule has 3 rings (SSSR count). The van der Waals surface area contributed by atoms with Gasteiger partial charge in [-0.3, -0.25) is 0 Å². The summed E-state index contributed by atoms with van der Waals surface area (Å²) >= 11 is 11.7. The van der Waals surface area contributed by atoms with Crippen LogP contribution in [-0.4, -0.2) is 5.75 Å². The van der Waals surface area contributed by atoms with E-state index in [1.807, 2.05) is 23.9 Å². The molecular formula is C16H15BrClNS. The van der Waals surface area contributed by atoms with E-state index in [0.717, 1.165) is 28.2 Å². The number of halogens is 2. The van der Waals surface area contributed by atoms with Crippen molar-refractivity contribution in [3.63, 3.8) is 0 Å². The molecule has 1 nitrogen and oxygen atoms in total. The topological polar surface area (TPSA) is 12.0 Å². The summed E-state index contributed by atoms with van der Waals surface area (Å²) in [5.74, 6) is 1.16. The monoisotopic (exact) mass is 367 g/mol. The van der Waals surface area contributed by atoms with E-state index in [1.54, 1.807) is 0 Å². The van der Waals surface area contributed by atoms with E-state index in [4.69, 9.17) is 11.6 Å². The van der Waals surface area contributed by atoms with Gasteiger partial charge in [0, 0.05) is 27.0 Å². The normalized spacial score (nSPS) is 17.8. The van der Waals surface area contributed by atoms with Crippen molar-refractivity contribution >= 4 is 39.3 Å². The standard InChI is InChI=1S/C16H15BrClNS/c17-14-4-2-1-3-11(14)10-19-15-7-8-20-16-6-5-12(18)9-13(15)16/h1-6,9,15,19H,7-8,10H2. The van der Waals surface area contributed by atoms with Crippen LogP contribution >= 0.6 is 39.3 Å². The highest BCUT2D eigenvalue weighted by Gasteiger charge is 2.20. The van der Waals surface area contributed by atoms with Crippen LogP contribution in [0.4, 0.5) is 0 Å². The summed E-state index contributed by atoms with van der Waals surface area (Å²) < 4.78 is 1.16. The molecule has 1 heterocycles. The van der Waals surface area contributed by atoms with Gasteiger partial charge in [0.05, 0.1) is 0 Å². The van der Waals surface area contributed by atoms with E-state index in [1.165, 1.54) is 16.0 Å². The van der Waals surface area contributed by atoms with Gasteiger partial charge in [-0.25, -0.2) is 0 Å². The highest BCUT2D eigenvalue weighted by molar-refractivity contribution is 9.10. The maximum Gasteiger partial charge on any atom is 0.0410 e. The van der Waals surface area contributed by atoms with Gasteiger partial charge in [0.15, 0.2) is 0 Å². The van der Waals surface area contributed by atoms with Gasteiger partial charge < -0.3 is 5.32 Å². The van der Waals surface area contributed by atoms with Crippen molar-refractivity contribution in [2.24, 2.45) is 0 Å². The van der Waals surface area contributed by atoms with Crippen molar-refractivity contribution in [1.82, 2.24) is 5.32 Å². The van der Waals surface area contributed by atoms with Crippen LogP contribution in [0.3, 0.4) is 0 Å². The molecule has 1 atom stereocenters. The Balaban J connectivity index is 1.77. The van der Waals surface area contributed by atoms with Crippen LogP contribution in [0.1, 0.15) is 23.6 Å². The predicted octanol–water partition coefficient (Wildman–Crippen LogP) is 5.43. The number of benzene rings is 2. The Labute approximate surface area is 137 Å². The Kier molecular flexibility index (Phi) is 4.72. The Morgan fingerprint density at radius 1 is 1.25 bits per heavy atom. The maximum atomic E-state index is 6.14. The number of thioether (sulfide) groups is 1. The number of nitrogens with one attached hydrogen (secondary N) is 1. The van der Waals surface area contributed by atoms with E-state index >= 15 is 0 Å². The van der Waals surface area contributed by atoms with Gasteiger partial charge in [-0.2, -0.15) is 0 Å². The van der Waals surface area contributed by atoms with Crippen molar-refractivity contribution in [1.29, 1.82) is 0 Å². The molecule has 0 radical (unpaired) electrons.